The number of para-hydroxylation sites is 1. The molecule has 8 aromatic rings. The smallest absolute Gasteiger partial charge is 0.132 e. The zero-order chi connectivity index (χ0) is 37.3. The number of nitrogens with zero attached hydrogens (tertiary/aromatic N) is 1. The molecule has 0 aromatic heterocycles. The summed E-state index contributed by atoms with van der Waals surface area (Å²) in [7, 11) is 0. The maximum absolute atomic E-state index is 6.52. The van der Waals surface area contributed by atoms with E-state index in [1.807, 2.05) is 0 Å². The van der Waals surface area contributed by atoms with E-state index in [1.165, 1.54) is 50.1 Å². The fourth-order valence-corrected chi connectivity index (χ4v) is 8.11. The molecule has 0 spiro atoms. The first-order valence-corrected chi connectivity index (χ1v) is 19.3. The van der Waals surface area contributed by atoms with Crippen LogP contribution in [0.2, 0.25) is 0 Å². The second kappa shape index (κ2) is 14.6. The van der Waals surface area contributed by atoms with Gasteiger partial charge in [-0.1, -0.05) is 182 Å². The van der Waals surface area contributed by atoms with Crippen LogP contribution < -0.4 is 9.64 Å². The Morgan fingerprint density at radius 1 is 0.321 bits per heavy atom. The molecular formula is C54H39NO. The first-order chi connectivity index (χ1) is 27.7. The van der Waals surface area contributed by atoms with E-state index in [0.29, 0.717) is 0 Å². The van der Waals surface area contributed by atoms with Gasteiger partial charge in [0.25, 0.3) is 0 Å². The number of ether oxygens (including phenoxy) is 1. The highest BCUT2D eigenvalue weighted by Crippen LogP contribution is 2.47. The molecule has 2 atom stereocenters. The van der Waals surface area contributed by atoms with Crippen molar-refractivity contribution >= 4 is 17.1 Å². The Bertz CT molecular complexity index is 2530. The summed E-state index contributed by atoms with van der Waals surface area (Å²) in [6.07, 6.45) is 8.67. The lowest BCUT2D eigenvalue weighted by molar-refractivity contribution is 0.270. The second-order valence-electron chi connectivity index (χ2n) is 14.5. The van der Waals surface area contributed by atoms with E-state index < -0.39 is 0 Å². The van der Waals surface area contributed by atoms with Gasteiger partial charge in [-0.3, -0.25) is 0 Å². The summed E-state index contributed by atoms with van der Waals surface area (Å²) in [5.41, 5.74) is 16.4. The molecule has 10 rings (SSSR count). The second-order valence-corrected chi connectivity index (χ2v) is 14.5. The van der Waals surface area contributed by atoms with Gasteiger partial charge in [-0.2, -0.15) is 0 Å². The van der Waals surface area contributed by atoms with Gasteiger partial charge in [0.2, 0.25) is 0 Å². The minimum atomic E-state index is 0.0560. The van der Waals surface area contributed by atoms with Gasteiger partial charge in [-0.25, -0.2) is 0 Å². The number of hydrogen-bond acceptors (Lipinski definition) is 2. The zero-order valence-electron chi connectivity index (χ0n) is 30.9. The minimum Gasteiger partial charge on any atom is -0.484 e. The van der Waals surface area contributed by atoms with Crippen LogP contribution in [-0.2, 0) is 0 Å². The van der Waals surface area contributed by atoms with Gasteiger partial charge in [-0.05, 0) is 92.5 Å². The normalized spacial score (nSPS) is 15.1. The van der Waals surface area contributed by atoms with Crippen LogP contribution in [0.5, 0.6) is 5.75 Å². The van der Waals surface area contributed by atoms with Crippen molar-refractivity contribution in [1.29, 1.82) is 0 Å². The van der Waals surface area contributed by atoms with Crippen LogP contribution in [-0.4, -0.2) is 6.10 Å². The van der Waals surface area contributed by atoms with Crippen molar-refractivity contribution in [3.63, 3.8) is 0 Å². The van der Waals surface area contributed by atoms with Crippen LogP contribution in [0.4, 0.5) is 17.1 Å². The molecule has 266 valence electrons. The van der Waals surface area contributed by atoms with Crippen LogP contribution in [0.15, 0.2) is 224 Å². The molecular weight excluding hydrogens is 679 g/mol. The molecule has 1 aliphatic carbocycles. The molecule has 8 aromatic carbocycles. The predicted molar refractivity (Wildman–Crippen MR) is 234 cm³/mol. The van der Waals surface area contributed by atoms with Crippen molar-refractivity contribution in [2.75, 3.05) is 4.90 Å². The van der Waals surface area contributed by atoms with Crippen molar-refractivity contribution in [2.24, 2.45) is 0 Å². The third-order valence-electron chi connectivity index (χ3n) is 11.1. The molecule has 1 aliphatic heterocycles. The van der Waals surface area contributed by atoms with Crippen LogP contribution in [0.3, 0.4) is 0 Å². The van der Waals surface area contributed by atoms with E-state index in [-0.39, 0.29) is 12.0 Å². The molecule has 0 fully saturated rings. The number of benzene rings is 8. The predicted octanol–water partition coefficient (Wildman–Crippen LogP) is 14.5. The maximum Gasteiger partial charge on any atom is 0.132 e. The van der Waals surface area contributed by atoms with Crippen LogP contribution in [0.1, 0.15) is 11.5 Å². The largest absolute Gasteiger partial charge is 0.484 e. The molecule has 0 radical (unpaired) electrons. The first-order valence-electron chi connectivity index (χ1n) is 19.3. The van der Waals surface area contributed by atoms with E-state index in [9.17, 15) is 0 Å². The van der Waals surface area contributed by atoms with E-state index in [1.54, 1.807) is 0 Å². The molecule has 0 saturated carbocycles. The number of anilines is 3. The Labute approximate surface area is 329 Å². The van der Waals surface area contributed by atoms with Crippen molar-refractivity contribution in [1.82, 2.24) is 0 Å². The molecule has 0 amide bonds. The molecule has 1 heterocycles. The highest BCUT2D eigenvalue weighted by molar-refractivity contribution is 5.83. The van der Waals surface area contributed by atoms with Crippen molar-refractivity contribution < 1.29 is 4.74 Å². The Kier molecular flexibility index (Phi) is 8.70. The van der Waals surface area contributed by atoms with Gasteiger partial charge in [0.05, 0.1) is 0 Å². The Morgan fingerprint density at radius 3 is 1.14 bits per heavy atom. The standard InChI is InChI=1S/C54H39NO/c1-3-10-38(11-4-1)40-18-22-42(23-19-40)44-26-32-47(33-27-44)55(48-34-28-45(29-35-48)43-24-20-41(21-25-43)39-12-5-2-6-13-39)49-36-30-46(31-37-49)50-15-9-16-52-51-14-7-8-17-53(51)56-54(50)52/h1-37,51,53H. The Hall–Kier alpha value is -7.16. The summed E-state index contributed by atoms with van der Waals surface area (Å²) in [6, 6.07) is 72.0. The summed E-state index contributed by atoms with van der Waals surface area (Å²) in [5, 5.41) is 0. The quantitative estimate of drug-likeness (QED) is 0.155. The van der Waals surface area contributed by atoms with Gasteiger partial charge in [0, 0.05) is 34.1 Å². The lowest BCUT2D eigenvalue weighted by atomic mass is 9.90. The monoisotopic (exact) mass is 717 g/mol. The highest BCUT2D eigenvalue weighted by atomic mass is 16.5. The van der Waals surface area contributed by atoms with E-state index in [2.05, 4.69) is 229 Å². The molecule has 2 aliphatic rings. The Morgan fingerprint density at radius 2 is 0.696 bits per heavy atom. The molecule has 0 saturated heterocycles. The first kappa shape index (κ1) is 33.4. The van der Waals surface area contributed by atoms with E-state index >= 15 is 0 Å². The van der Waals surface area contributed by atoms with Gasteiger partial charge >= 0.3 is 0 Å². The summed E-state index contributed by atoms with van der Waals surface area (Å²) in [4.78, 5) is 2.34. The molecule has 2 heteroatoms. The fourth-order valence-electron chi connectivity index (χ4n) is 8.11. The van der Waals surface area contributed by atoms with E-state index in [0.717, 1.165) is 33.9 Å². The molecule has 56 heavy (non-hydrogen) atoms. The minimum absolute atomic E-state index is 0.0560. The Balaban J connectivity index is 0.974. The van der Waals surface area contributed by atoms with Crippen molar-refractivity contribution in [2.45, 2.75) is 12.0 Å². The number of rotatable bonds is 8. The van der Waals surface area contributed by atoms with Crippen molar-refractivity contribution in [3.8, 4) is 61.4 Å². The van der Waals surface area contributed by atoms with Crippen LogP contribution in [0, 0.1) is 0 Å². The molecule has 0 N–H and O–H groups in total. The third-order valence-corrected chi connectivity index (χ3v) is 11.1. The molecule has 2 nitrogen and oxygen atoms in total. The number of fused-ring (bicyclic) bond motifs is 3. The average molecular weight is 718 g/mol. The number of allylic oxidation sites excluding steroid dienone is 2. The van der Waals surface area contributed by atoms with Gasteiger partial charge in [-0.15, -0.1) is 0 Å². The third kappa shape index (κ3) is 6.42. The lowest BCUT2D eigenvalue weighted by Crippen LogP contribution is -2.15. The summed E-state index contributed by atoms with van der Waals surface area (Å²) >= 11 is 0. The molecule has 0 bridgehead atoms. The lowest BCUT2D eigenvalue weighted by Gasteiger charge is -2.26. The SMILES string of the molecule is C1=CC2Oc3c(-c4ccc(N(c5ccc(-c6ccc(-c7ccccc7)cc6)cc5)c5ccc(-c6ccc(-c7ccccc7)cc6)cc5)cc4)cccc3C2C=C1. The van der Waals surface area contributed by atoms with Gasteiger partial charge in [0.1, 0.15) is 11.9 Å². The highest BCUT2D eigenvalue weighted by Gasteiger charge is 2.33. The molecule has 2 unspecified atom stereocenters. The zero-order valence-corrected chi connectivity index (χ0v) is 30.9. The number of hydrogen-bond donors (Lipinski definition) is 0. The maximum atomic E-state index is 6.52. The van der Waals surface area contributed by atoms with Gasteiger partial charge < -0.3 is 9.64 Å². The average Bonchev–Trinajstić information content (AvgIpc) is 3.67. The van der Waals surface area contributed by atoms with Crippen LogP contribution in [0.25, 0.3) is 55.6 Å². The van der Waals surface area contributed by atoms with Crippen LogP contribution >= 0.6 is 0 Å². The van der Waals surface area contributed by atoms with Gasteiger partial charge in [0.15, 0.2) is 0 Å². The fraction of sp³-hybridized carbons (Fsp3) is 0.0370. The topological polar surface area (TPSA) is 12.5 Å². The summed E-state index contributed by atoms with van der Waals surface area (Å²) in [6.45, 7) is 0. The summed E-state index contributed by atoms with van der Waals surface area (Å²) < 4.78 is 6.52. The van der Waals surface area contributed by atoms with Crippen molar-refractivity contribution in [3.05, 3.63) is 230 Å². The van der Waals surface area contributed by atoms with E-state index in [4.69, 9.17) is 4.74 Å². The summed E-state index contributed by atoms with van der Waals surface area (Å²) in [5.74, 6) is 1.25.